The second-order valence-electron chi connectivity index (χ2n) is 4.45. The highest BCUT2D eigenvalue weighted by atomic mass is 31.2. The average Bonchev–Trinajstić information content (AvgIpc) is 1.96. The molecule has 2 N–H and O–H groups in total. The van der Waals surface area contributed by atoms with E-state index in [2.05, 4.69) is 11.9 Å². The first-order valence-electron chi connectivity index (χ1n) is 4.47. The van der Waals surface area contributed by atoms with Crippen molar-refractivity contribution in [1.82, 2.24) is 0 Å². The second-order valence-corrected chi connectivity index (χ2v) is 7.84. The third-order valence-electron chi connectivity index (χ3n) is 1.81. The summed E-state index contributed by atoms with van der Waals surface area (Å²) >= 11 is -1.02. The minimum absolute atomic E-state index is 0. The fourth-order valence-electron chi connectivity index (χ4n) is 0.803. The van der Waals surface area contributed by atoms with Gasteiger partial charge >= 0.3 is 29.3 Å². The summed E-state index contributed by atoms with van der Waals surface area (Å²) in [5.74, 6) is -3.82. The molecule has 0 atom stereocenters. The summed E-state index contributed by atoms with van der Waals surface area (Å²) in [5, 5.41) is 0. The molecular formula is C7H15AlF2O5P. The normalized spacial score (nSPS) is 19.3. The first kappa shape index (κ1) is 16.5. The third-order valence-corrected chi connectivity index (χ3v) is 5.49. The van der Waals surface area contributed by atoms with Crippen LogP contribution in [-0.2, 0) is 16.5 Å². The van der Waals surface area contributed by atoms with E-state index in [9.17, 15) is 13.3 Å². The first-order chi connectivity index (χ1) is 6.66. The highest BCUT2D eigenvalue weighted by Crippen LogP contribution is 2.66. The molecule has 0 unspecified atom stereocenters. The van der Waals surface area contributed by atoms with Gasteiger partial charge in [-0.2, -0.15) is 8.78 Å². The Balaban J connectivity index is 0.00000225. The molecule has 0 aromatic rings. The zero-order valence-electron chi connectivity index (χ0n) is 9.33. The minimum Gasteiger partial charge on any atom is -0.412 e. The highest BCUT2D eigenvalue weighted by Gasteiger charge is 2.59. The number of halogens is 2. The Morgan fingerprint density at radius 3 is 2.12 bits per heavy atom. The Morgan fingerprint density at radius 1 is 1.31 bits per heavy atom. The van der Waals surface area contributed by atoms with Crippen molar-refractivity contribution < 1.29 is 30.7 Å². The molecule has 0 spiro atoms. The van der Waals surface area contributed by atoms with Crippen LogP contribution in [0.15, 0.2) is 0 Å². The fourth-order valence-corrected chi connectivity index (χ4v) is 3.00. The topological polar surface area (TPSA) is 76.3 Å². The molecule has 0 amide bonds. The quantitative estimate of drug-likeness (QED) is 0.580. The van der Waals surface area contributed by atoms with Crippen LogP contribution >= 0.6 is 7.60 Å². The van der Waals surface area contributed by atoms with Crippen molar-refractivity contribution in [2.75, 3.05) is 6.61 Å². The van der Waals surface area contributed by atoms with Gasteiger partial charge in [-0.3, -0.25) is 4.57 Å². The molecule has 9 heteroatoms. The van der Waals surface area contributed by atoms with Crippen LogP contribution in [0.1, 0.15) is 27.2 Å². The van der Waals surface area contributed by atoms with Crippen LogP contribution in [0.5, 0.6) is 0 Å². The molecule has 0 aromatic carbocycles. The zero-order chi connectivity index (χ0) is 11.7. The molecule has 0 bridgehead atoms. The number of hydrogen-bond acceptors (Lipinski definition) is 4. The maximum Gasteiger partial charge on any atom is 0.682 e. The predicted octanol–water partition coefficient (Wildman–Crippen LogP) is 1.94. The minimum atomic E-state index is -4.30. The Hall–Kier alpha value is 0.462. The molecule has 1 aliphatic heterocycles. The van der Waals surface area contributed by atoms with E-state index >= 15 is 0 Å². The second kappa shape index (κ2) is 5.40. The van der Waals surface area contributed by atoms with Gasteiger partial charge in [-0.1, -0.05) is 20.8 Å². The highest BCUT2D eigenvalue weighted by molar-refractivity contribution is 7.59. The summed E-state index contributed by atoms with van der Waals surface area (Å²) in [5.41, 5.74) is -0.114. The van der Waals surface area contributed by atoms with E-state index in [1.54, 1.807) is 0 Å². The molecule has 1 fully saturated rings. The van der Waals surface area contributed by atoms with Gasteiger partial charge in [0, 0.05) is 0 Å². The number of hydrogen-bond donors (Lipinski definition) is 0. The summed E-state index contributed by atoms with van der Waals surface area (Å²) < 4.78 is 50.3. The molecule has 16 heavy (non-hydrogen) atoms. The average molecular weight is 275 g/mol. The standard InChI is InChI=1S/C7H15F2O4P.Al.H2O/c1-6(2,3)4-5-13-7(8,9)14(10,11)12;;/h4-5H2,1-3H3,(H2,10,11,12);;1H2/q;+2;/p-2. The van der Waals surface area contributed by atoms with Crippen LogP contribution in [0.25, 0.3) is 0 Å². The van der Waals surface area contributed by atoms with Crippen LogP contribution in [0.4, 0.5) is 8.78 Å². The van der Waals surface area contributed by atoms with E-state index in [-0.39, 0.29) is 17.5 Å². The monoisotopic (exact) mass is 275 g/mol. The molecule has 1 rings (SSSR count). The molecule has 0 saturated carbocycles. The largest absolute Gasteiger partial charge is 0.682 e. The van der Waals surface area contributed by atoms with Crippen LogP contribution in [0, 0.1) is 5.41 Å². The van der Waals surface area contributed by atoms with Gasteiger partial charge in [-0.15, -0.1) is 0 Å². The maximum atomic E-state index is 13.1. The Morgan fingerprint density at radius 2 is 1.81 bits per heavy atom. The molecule has 1 aliphatic rings. The van der Waals surface area contributed by atoms with E-state index in [1.807, 2.05) is 20.8 Å². The van der Waals surface area contributed by atoms with Crippen molar-refractivity contribution in [2.24, 2.45) is 5.41 Å². The van der Waals surface area contributed by atoms with Crippen LogP contribution in [0.3, 0.4) is 0 Å². The fraction of sp³-hybridized carbons (Fsp3) is 1.00. The van der Waals surface area contributed by atoms with E-state index < -0.39 is 29.3 Å². The van der Waals surface area contributed by atoms with Gasteiger partial charge in [0.05, 0.1) is 6.61 Å². The van der Waals surface area contributed by atoms with Gasteiger partial charge in [0.15, 0.2) is 0 Å². The van der Waals surface area contributed by atoms with Gasteiger partial charge < -0.3 is 17.4 Å². The van der Waals surface area contributed by atoms with E-state index in [0.717, 1.165) is 0 Å². The zero-order valence-corrected chi connectivity index (χ0v) is 11.4. The van der Waals surface area contributed by atoms with Crippen molar-refractivity contribution in [1.29, 1.82) is 0 Å². The molecular weight excluding hydrogens is 260 g/mol. The predicted molar refractivity (Wildman–Crippen MR) is 54.1 cm³/mol. The lowest BCUT2D eigenvalue weighted by atomic mass is 9.93. The third kappa shape index (κ3) is 4.04. The molecule has 0 aliphatic carbocycles. The SMILES string of the molecule is CC(C)(C)CCOC(F)(F)P1(=O)[O][Al][O]1.O. The summed E-state index contributed by atoms with van der Waals surface area (Å²) in [6.45, 7) is 5.52. The van der Waals surface area contributed by atoms with Gasteiger partial charge in [0.1, 0.15) is 0 Å². The van der Waals surface area contributed by atoms with Gasteiger partial charge in [-0.25, -0.2) is 0 Å². The maximum absolute atomic E-state index is 13.1. The molecule has 1 radical (unpaired) electrons. The lowest BCUT2D eigenvalue weighted by Gasteiger charge is -2.33. The van der Waals surface area contributed by atoms with Crippen molar-refractivity contribution >= 4 is 23.5 Å². The summed E-state index contributed by atoms with van der Waals surface area (Å²) in [6, 6.07) is 0. The smallest absolute Gasteiger partial charge is 0.412 e. The number of ether oxygens (including phenoxy) is 1. The van der Waals surface area contributed by atoms with Gasteiger partial charge in [-0.05, 0) is 11.8 Å². The molecule has 0 aromatic heterocycles. The summed E-state index contributed by atoms with van der Waals surface area (Å²) in [4.78, 5) is 0. The van der Waals surface area contributed by atoms with Gasteiger partial charge in [0.25, 0.3) is 0 Å². The van der Waals surface area contributed by atoms with Crippen LogP contribution < -0.4 is 0 Å². The molecule has 5 nitrogen and oxygen atoms in total. The van der Waals surface area contributed by atoms with E-state index in [1.165, 1.54) is 0 Å². The van der Waals surface area contributed by atoms with Gasteiger partial charge in [0.2, 0.25) is 0 Å². The van der Waals surface area contributed by atoms with Crippen LogP contribution in [-0.4, -0.2) is 33.8 Å². The first-order valence-corrected chi connectivity index (χ1v) is 6.95. The van der Waals surface area contributed by atoms with E-state index in [0.29, 0.717) is 6.42 Å². The van der Waals surface area contributed by atoms with Crippen LogP contribution in [0.2, 0.25) is 0 Å². The lowest BCUT2D eigenvalue weighted by molar-refractivity contribution is -0.189. The van der Waals surface area contributed by atoms with E-state index in [4.69, 9.17) is 0 Å². The van der Waals surface area contributed by atoms with Crippen molar-refractivity contribution in [3.63, 3.8) is 0 Å². The van der Waals surface area contributed by atoms with Crippen molar-refractivity contribution in [2.45, 2.75) is 33.0 Å². The summed E-state index contributed by atoms with van der Waals surface area (Å²) in [7, 11) is -4.30. The van der Waals surface area contributed by atoms with Crippen molar-refractivity contribution in [3.05, 3.63) is 0 Å². The molecule has 1 saturated heterocycles. The Bertz CT molecular complexity index is 272. The van der Waals surface area contributed by atoms with Crippen molar-refractivity contribution in [3.8, 4) is 0 Å². The Kier molecular flexibility index (Phi) is 5.56. The number of alkyl halides is 2. The summed E-state index contributed by atoms with van der Waals surface area (Å²) in [6.07, 6.45) is 0.440. The number of rotatable bonds is 4. The molecule has 1 heterocycles. The lowest BCUT2D eigenvalue weighted by Crippen LogP contribution is -2.32. The molecule has 95 valence electrons. The Labute approximate surface area is 99.7 Å².